The minimum atomic E-state index is -5.10. The molecular weight excluding hydrogens is 511 g/mol. The van der Waals surface area contributed by atoms with Gasteiger partial charge in [0.25, 0.3) is 10.0 Å². The Morgan fingerprint density at radius 2 is 2.00 bits per heavy atom. The van der Waals surface area contributed by atoms with E-state index in [0.29, 0.717) is 12.1 Å². The van der Waals surface area contributed by atoms with Gasteiger partial charge in [0.15, 0.2) is 0 Å². The zero-order chi connectivity index (χ0) is 26.9. The number of ether oxygens (including phenoxy) is 1. The third-order valence-corrected chi connectivity index (χ3v) is 7.33. The van der Waals surface area contributed by atoms with Crippen molar-refractivity contribution in [2.45, 2.75) is 57.1 Å². The third-order valence-electron chi connectivity index (χ3n) is 5.15. The highest BCUT2D eigenvalue weighted by Gasteiger charge is 2.34. The second-order valence-electron chi connectivity index (χ2n) is 8.20. The maximum atomic E-state index is 13.6. The zero-order valence-electron chi connectivity index (χ0n) is 20.6. The number of benzene rings is 1. The van der Waals surface area contributed by atoms with Crippen molar-refractivity contribution >= 4 is 35.3 Å². The number of nitrogens with one attached hydrogen (secondary N) is 2. The van der Waals surface area contributed by atoms with Crippen LogP contribution in [-0.4, -0.2) is 59.5 Å². The van der Waals surface area contributed by atoms with Crippen LogP contribution in [0.1, 0.15) is 38.7 Å². The molecule has 0 saturated heterocycles. The fraction of sp³-hybridized carbons (Fsp3) is 0.455. The zero-order valence-corrected chi connectivity index (χ0v) is 22.3. The molecule has 1 aromatic heterocycles. The smallest absolute Gasteiger partial charge is 0.381 e. The molecule has 12 nitrogen and oxygen atoms in total. The maximum absolute atomic E-state index is 13.6. The molecule has 0 bridgehead atoms. The molecule has 36 heavy (non-hydrogen) atoms. The lowest BCUT2D eigenvalue weighted by atomic mass is 10.1. The Kier molecular flexibility index (Phi) is 10.8. The van der Waals surface area contributed by atoms with Crippen molar-refractivity contribution in [3.05, 3.63) is 48.3 Å². The van der Waals surface area contributed by atoms with Gasteiger partial charge in [-0.25, -0.2) is 17.8 Å². The van der Waals surface area contributed by atoms with Crippen molar-refractivity contribution < 1.29 is 36.8 Å². The number of phosphoric acid groups is 1. The molecule has 2 aromatic rings. The molecule has 2 atom stereocenters. The molecule has 1 aromatic carbocycles. The van der Waals surface area contributed by atoms with Crippen molar-refractivity contribution in [3.8, 4) is 0 Å². The van der Waals surface area contributed by atoms with Crippen molar-refractivity contribution in [2.24, 2.45) is 0 Å². The van der Waals surface area contributed by atoms with Crippen molar-refractivity contribution in [1.82, 2.24) is 14.6 Å². The Balaban J connectivity index is 2.38. The summed E-state index contributed by atoms with van der Waals surface area (Å²) in [5.74, 6) is 0. The summed E-state index contributed by atoms with van der Waals surface area (Å²) in [6, 6.07) is 6.96. The van der Waals surface area contributed by atoms with Crippen LogP contribution in [-0.2, 0) is 23.8 Å². The number of hydrogen-bond acceptors (Lipinski definition) is 8. The number of hydrogen-bond donors (Lipinski definition) is 4. The van der Waals surface area contributed by atoms with Gasteiger partial charge in [-0.05, 0) is 50.5 Å². The molecule has 2 rings (SSSR count). The molecule has 0 radical (unpaired) electrons. The quantitative estimate of drug-likeness (QED) is 0.216. The first-order chi connectivity index (χ1) is 16.9. The van der Waals surface area contributed by atoms with Gasteiger partial charge in [0, 0.05) is 31.2 Å². The standard InChI is InChI=1S/C22H33N4O8PS/c1-5-7-19(33-4)13-17(3)24-22(27)26(15-34-35(28,29)30)36(31,32)21-14-23-11-10-20(21)25-18-9-6-8-16(2)12-18/h6,8-12,14,17,19H,5,7,13,15H2,1-4H3,(H,23,25)(H,24,27)(H2,28,29,30). The molecule has 0 aliphatic carbocycles. The van der Waals surface area contributed by atoms with E-state index in [4.69, 9.17) is 14.5 Å². The number of sulfonamides is 1. The number of aryl methyl sites for hydroxylation is 1. The fourth-order valence-electron chi connectivity index (χ4n) is 3.44. The molecule has 1 heterocycles. The molecule has 14 heteroatoms. The Hall–Kier alpha value is -2.54. The molecule has 0 fully saturated rings. The first kappa shape index (κ1) is 29.7. The van der Waals surface area contributed by atoms with Crippen LogP contribution in [0, 0.1) is 6.92 Å². The van der Waals surface area contributed by atoms with Gasteiger partial charge < -0.3 is 25.2 Å². The van der Waals surface area contributed by atoms with Crippen LogP contribution in [0.5, 0.6) is 0 Å². The Labute approximate surface area is 211 Å². The largest absolute Gasteiger partial charge is 0.471 e. The monoisotopic (exact) mass is 544 g/mol. The number of nitrogens with zero attached hydrogens (tertiary/aromatic N) is 2. The number of rotatable bonds is 13. The lowest BCUT2D eigenvalue weighted by Crippen LogP contribution is -2.48. The lowest BCUT2D eigenvalue weighted by Gasteiger charge is -2.26. The number of anilines is 2. The van der Waals surface area contributed by atoms with Crippen LogP contribution in [0.4, 0.5) is 16.2 Å². The highest BCUT2D eigenvalue weighted by atomic mass is 32.2. The number of carbonyl (C=O) groups excluding carboxylic acids is 1. The van der Waals surface area contributed by atoms with E-state index < -0.39 is 36.6 Å². The van der Waals surface area contributed by atoms with E-state index in [1.165, 1.54) is 12.3 Å². The third kappa shape index (κ3) is 8.84. The highest BCUT2D eigenvalue weighted by molar-refractivity contribution is 7.89. The van der Waals surface area contributed by atoms with Crippen LogP contribution >= 0.6 is 7.82 Å². The molecule has 4 N–H and O–H groups in total. The summed E-state index contributed by atoms with van der Waals surface area (Å²) in [4.78, 5) is 34.8. The number of urea groups is 1. The molecule has 2 amide bonds. The van der Waals surface area contributed by atoms with Crippen LogP contribution in [0.2, 0.25) is 0 Å². The molecule has 0 spiro atoms. The second kappa shape index (κ2) is 13.1. The summed E-state index contributed by atoms with van der Waals surface area (Å²) in [6.07, 6.45) is 4.24. The fourth-order valence-corrected chi connectivity index (χ4v) is 5.08. The number of methoxy groups -OCH3 is 1. The van der Waals surface area contributed by atoms with Gasteiger partial charge in [-0.15, -0.1) is 0 Å². The molecule has 2 unspecified atom stereocenters. The average molecular weight is 545 g/mol. The van der Waals surface area contributed by atoms with Gasteiger partial charge in [-0.2, -0.15) is 4.31 Å². The minimum absolute atomic E-state index is 0.111. The van der Waals surface area contributed by atoms with E-state index >= 15 is 0 Å². The molecule has 0 aliphatic rings. The second-order valence-corrected chi connectivity index (χ2v) is 11.3. The number of pyridine rings is 1. The van der Waals surface area contributed by atoms with E-state index in [1.807, 2.05) is 19.9 Å². The topological polar surface area (TPSA) is 167 Å². The minimum Gasteiger partial charge on any atom is -0.381 e. The molecule has 0 saturated carbocycles. The summed E-state index contributed by atoms with van der Waals surface area (Å²) in [5.41, 5.74) is 1.64. The van der Waals surface area contributed by atoms with Crippen LogP contribution in [0.15, 0.2) is 47.6 Å². The molecule has 200 valence electrons. The van der Waals surface area contributed by atoms with E-state index in [1.54, 1.807) is 32.2 Å². The summed E-state index contributed by atoms with van der Waals surface area (Å²) in [6.45, 7) is 4.31. The highest BCUT2D eigenvalue weighted by Crippen LogP contribution is 2.37. The number of aromatic nitrogens is 1. The summed E-state index contributed by atoms with van der Waals surface area (Å²) < 4.78 is 48.4. The number of phosphoric ester groups is 1. The van der Waals surface area contributed by atoms with Gasteiger partial charge in [0.1, 0.15) is 11.6 Å². The maximum Gasteiger partial charge on any atom is 0.471 e. The summed E-state index contributed by atoms with van der Waals surface area (Å²) >= 11 is 0. The molecule has 0 aliphatic heterocycles. The van der Waals surface area contributed by atoms with Crippen molar-refractivity contribution in [2.75, 3.05) is 19.2 Å². The predicted octanol–water partition coefficient (Wildman–Crippen LogP) is 3.49. The van der Waals surface area contributed by atoms with E-state index in [9.17, 15) is 17.8 Å². The first-order valence-corrected chi connectivity index (χ1v) is 14.2. The van der Waals surface area contributed by atoms with E-state index in [-0.39, 0.29) is 21.0 Å². The SMILES string of the molecule is CCCC(CC(C)NC(=O)N(COP(=O)(O)O)S(=O)(=O)c1cnccc1Nc1cccc(C)c1)OC. The van der Waals surface area contributed by atoms with Crippen LogP contribution < -0.4 is 10.6 Å². The van der Waals surface area contributed by atoms with E-state index in [0.717, 1.165) is 24.6 Å². The van der Waals surface area contributed by atoms with Gasteiger partial charge in [-0.3, -0.25) is 9.51 Å². The average Bonchev–Trinajstić information content (AvgIpc) is 2.78. The van der Waals surface area contributed by atoms with Crippen LogP contribution in [0.25, 0.3) is 0 Å². The summed E-state index contributed by atoms with van der Waals surface area (Å²) in [5, 5.41) is 5.53. The van der Waals surface area contributed by atoms with E-state index in [2.05, 4.69) is 20.1 Å². The predicted molar refractivity (Wildman–Crippen MR) is 134 cm³/mol. The Morgan fingerprint density at radius 1 is 1.28 bits per heavy atom. The Bertz CT molecular complexity index is 1170. The van der Waals surface area contributed by atoms with Gasteiger partial charge in [0.05, 0.1) is 11.8 Å². The molecular formula is C22H33N4O8PS. The normalized spacial score (nSPS) is 13.6. The first-order valence-electron chi connectivity index (χ1n) is 11.2. The van der Waals surface area contributed by atoms with Gasteiger partial charge >= 0.3 is 13.9 Å². The van der Waals surface area contributed by atoms with Crippen molar-refractivity contribution in [1.29, 1.82) is 0 Å². The van der Waals surface area contributed by atoms with Gasteiger partial charge in [0.2, 0.25) is 0 Å². The Morgan fingerprint density at radius 3 is 2.61 bits per heavy atom. The van der Waals surface area contributed by atoms with Crippen LogP contribution in [0.3, 0.4) is 0 Å². The lowest BCUT2D eigenvalue weighted by molar-refractivity contribution is 0.0794. The van der Waals surface area contributed by atoms with Crippen molar-refractivity contribution in [3.63, 3.8) is 0 Å². The van der Waals surface area contributed by atoms with Gasteiger partial charge in [-0.1, -0.05) is 25.5 Å². The number of carbonyl (C=O) groups is 1. The number of amides is 2. The summed E-state index contributed by atoms with van der Waals surface area (Å²) in [7, 11) is -8.23.